The zero-order chi connectivity index (χ0) is 19.8. The van der Waals surface area contributed by atoms with Crippen molar-refractivity contribution < 1.29 is 9.50 Å². The van der Waals surface area contributed by atoms with Gasteiger partial charge >= 0.3 is 0 Å². The second kappa shape index (κ2) is 10.2. The minimum absolute atomic E-state index is 0.221. The number of halogens is 2. The van der Waals surface area contributed by atoms with Crippen LogP contribution in [0.25, 0.3) is 0 Å². The zero-order valence-electron chi connectivity index (χ0n) is 16.0. The number of aryl methyl sites for hydroxylation is 3. The predicted octanol–water partition coefficient (Wildman–Crippen LogP) is 6.36. The van der Waals surface area contributed by atoms with Crippen LogP contribution in [0.2, 0.25) is 0 Å². The molecule has 0 radical (unpaired) electrons. The summed E-state index contributed by atoms with van der Waals surface area (Å²) < 4.78 is 14.4. The molecule has 1 N–H and O–H groups in total. The number of benzene rings is 3. The fourth-order valence-electron chi connectivity index (χ4n) is 3.49. The van der Waals surface area contributed by atoms with Crippen LogP contribution < -0.4 is 0 Å². The van der Waals surface area contributed by atoms with Gasteiger partial charge in [0.1, 0.15) is 5.82 Å². The third kappa shape index (κ3) is 6.42. The van der Waals surface area contributed by atoms with E-state index >= 15 is 0 Å². The second-order valence-corrected chi connectivity index (χ2v) is 8.59. The third-order valence-electron chi connectivity index (χ3n) is 5.33. The molecule has 3 aromatic rings. The molecule has 0 bridgehead atoms. The topological polar surface area (TPSA) is 20.2 Å². The van der Waals surface area contributed by atoms with Crippen LogP contribution in [0.15, 0.2) is 78.9 Å². The van der Waals surface area contributed by atoms with Crippen LogP contribution in [0.5, 0.6) is 0 Å². The van der Waals surface area contributed by atoms with Crippen molar-refractivity contribution in [2.45, 2.75) is 44.1 Å². The van der Waals surface area contributed by atoms with Crippen molar-refractivity contribution in [1.29, 1.82) is 0 Å². The third-order valence-corrected chi connectivity index (χ3v) is 6.38. The largest absolute Gasteiger partial charge is 0.390 e. The number of aliphatic hydroxyl groups is 1. The molecule has 3 rings (SSSR count). The Morgan fingerprint density at radius 3 is 1.86 bits per heavy atom. The molecule has 1 nitrogen and oxygen atoms in total. The maximum Gasteiger partial charge on any atom is 0.123 e. The molecule has 0 amide bonds. The lowest BCUT2D eigenvalue weighted by Gasteiger charge is -2.29. The molecule has 0 aromatic heterocycles. The quantitative estimate of drug-likeness (QED) is 0.348. The molecule has 0 aliphatic carbocycles. The molecular formula is C25H26FIO. The van der Waals surface area contributed by atoms with Crippen molar-refractivity contribution in [1.82, 2.24) is 0 Å². The fraction of sp³-hybridized carbons (Fsp3) is 0.280. The Bertz CT molecular complexity index is 863. The van der Waals surface area contributed by atoms with Gasteiger partial charge in [0.15, 0.2) is 0 Å². The molecule has 3 heteroatoms. The van der Waals surface area contributed by atoms with E-state index in [9.17, 15) is 9.50 Å². The normalized spacial score (nSPS) is 13.2. The van der Waals surface area contributed by atoms with Crippen molar-refractivity contribution in [2.24, 2.45) is 0 Å². The average molecular weight is 488 g/mol. The molecule has 1 atom stereocenters. The minimum atomic E-state index is -0.747. The summed E-state index contributed by atoms with van der Waals surface area (Å²) in [6.07, 6.45) is 4.58. The molecular weight excluding hydrogens is 462 g/mol. The van der Waals surface area contributed by atoms with Gasteiger partial charge in [-0.25, -0.2) is 4.39 Å². The molecule has 28 heavy (non-hydrogen) atoms. The second-order valence-electron chi connectivity index (χ2n) is 7.43. The van der Waals surface area contributed by atoms with Gasteiger partial charge in [0.25, 0.3) is 0 Å². The van der Waals surface area contributed by atoms with Crippen LogP contribution in [0.4, 0.5) is 4.39 Å². The van der Waals surface area contributed by atoms with E-state index in [2.05, 4.69) is 52.9 Å². The van der Waals surface area contributed by atoms with Crippen LogP contribution in [-0.4, -0.2) is 10.7 Å². The fourth-order valence-corrected chi connectivity index (χ4v) is 4.15. The predicted molar refractivity (Wildman–Crippen MR) is 122 cm³/mol. The first kappa shape index (κ1) is 21.0. The molecule has 3 aromatic carbocycles. The van der Waals surface area contributed by atoms with Crippen molar-refractivity contribution >= 4 is 22.6 Å². The van der Waals surface area contributed by atoms with Crippen LogP contribution in [0.3, 0.4) is 0 Å². The first-order valence-corrected chi connectivity index (χ1v) is 10.9. The highest BCUT2D eigenvalue weighted by Crippen LogP contribution is 2.28. The highest BCUT2D eigenvalue weighted by Gasteiger charge is 2.26. The molecule has 0 saturated heterocycles. The van der Waals surface area contributed by atoms with Gasteiger partial charge in [-0.3, -0.25) is 0 Å². The van der Waals surface area contributed by atoms with Crippen molar-refractivity contribution in [2.75, 3.05) is 0 Å². The van der Waals surface area contributed by atoms with Crippen molar-refractivity contribution in [3.8, 4) is 0 Å². The Kier molecular flexibility index (Phi) is 7.63. The van der Waals surface area contributed by atoms with E-state index in [0.29, 0.717) is 6.42 Å². The number of hydrogen-bond donors (Lipinski definition) is 1. The van der Waals surface area contributed by atoms with Gasteiger partial charge in [0.05, 0.1) is 5.60 Å². The Morgan fingerprint density at radius 2 is 1.21 bits per heavy atom. The molecule has 146 valence electrons. The minimum Gasteiger partial charge on any atom is -0.390 e. The molecule has 0 fully saturated rings. The van der Waals surface area contributed by atoms with Gasteiger partial charge in [-0.15, -0.1) is 0 Å². The Morgan fingerprint density at radius 1 is 0.679 bits per heavy atom. The summed E-state index contributed by atoms with van der Waals surface area (Å²) in [6.45, 7) is 0. The van der Waals surface area contributed by atoms with Crippen LogP contribution >= 0.6 is 22.6 Å². The van der Waals surface area contributed by atoms with E-state index in [1.54, 1.807) is 0 Å². The Hall–Kier alpha value is -1.72. The van der Waals surface area contributed by atoms with Crippen molar-refractivity contribution in [3.63, 3.8) is 0 Å². The SMILES string of the molecule is OC(CCc1ccccc1)(CCc1ccc(F)cc1)CCc1ccccc1I. The van der Waals surface area contributed by atoms with Gasteiger partial charge in [-0.1, -0.05) is 60.7 Å². The maximum atomic E-state index is 13.2. The first-order chi connectivity index (χ1) is 13.5. The van der Waals surface area contributed by atoms with E-state index in [0.717, 1.165) is 37.7 Å². The van der Waals surface area contributed by atoms with E-state index in [1.165, 1.54) is 26.8 Å². The Balaban J connectivity index is 1.68. The highest BCUT2D eigenvalue weighted by molar-refractivity contribution is 14.1. The highest BCUT2D eigenvalue weighted by atomic mass is 127. The summed E-state index contributed by atoms with van der Waals surface area (Å²) in [5, 5.41) is 11.5. The molecule has 0 saturated carbocycles. The summed E-state index contributed by atoms with van der Waals surface area (Å²) >= 11 is 2.36. The van der Waals surface area contributed by atoms with E-state index < -0.39 is 5.60 Å². The molecule has 0 aliphatic rings. The van der Waals surface area contributed by atoms with E-state index in [1.807, 2.05) is 36.4 Å². The van der Waals surface area contributed by atoms with Gasteiger partial charge in [0.2, 0.25) is 0 Å². The number of hydrogen-bond acceptors (Lipinski definition) is 1. The Labute approximate surface area is 180 Å². The van der Waals surface area contributed by atoms with Crippen molar-refractivity contribution in [3.05, 3.63) is 105 Å². The summed E-state index contributed by atoms with van der Waals surface area (Å²) in [4.78, 5) is 0. The maximum absolute atomic E-state index is 13.2. The van der Waals surface area contributed by atoms with Gasteiger partial charge in [0, 0.05) is 3.57 Å². The first-order valence-electron chi connectivity index (χ1n) is 9.78. The van der Waals surface area contributed by atoms with Gasteiger partial charge in [-0.2, -0.15) is 0 Å². The van der Waals surface area contributed by atoms with Crippen LogP contribution in [-0.2, 0) is 19.3 Å². The standard InChI is InChI=1S/C25H26FIO/c26-23-12-10-21(11-13-23)15-18-25(28,17-14-20-6-2-1-3-7-20)19-16-22-8-4-5-9-24(22)27/h1-13,28H,14-19H2. The van der Waals surface area contributed by atoms with E-state index in [-0.39, 0.29) is 5.82 Å². The summed E-state index contributed by atoms with van der Waals surface area (Å²) in [7, 11) is 0. The number of rotatable bonds is 9. The molecule has 0 aliphatic heterocycles. The van der Waals surface area contributed by atoms with Gasteiger partial charge in [-0.05, 0) is 96.0 Å². The lowest BCUT2D eigenvalue weighted by Crippen LogP contribution is -2.31. The van der Waals surface area contributed by atoms with Crippen LogP contribution in [0.1, 0.15) is 36.0 Å². The van der Waals surface area contributed by atoms with Gasteiger partial charge < -0.3 is 5.11 Å². The molecule has 0 spiro atoms. The zero-order valence-corrected chi connectivity index (χ0v) is 18.1. The smallest absolute Gasteiger partial charge is 0.123 e. The molecule has 0 heterocycles. The lowest BCUT2D eigenvalue weighted by molar-refractivity contribution is 0.0150. The monoisotopic (exact) mass is 488 g/mol. The molecule has 1 unspecified atom stereocenters. The summed E-state index contributed by atoms with van der Waals surface area (Å²) in [5.41, 5.74) is 2.84. The summed E-state index contributed by atoms with van der Waals surface area (Å²) in [6, 6.07) is 25.3. The average Bonchev–Trinajstić information content (AvgIpc) is 2.72. The summed E-state index contributed by atoms with van der Waals surface area (Å²) in [5.74, 6) is -0.221. The van der Waals surface area contributed by atoms with Crippen LogP contribution in [0, 0.1) is 9.39 Å². The lowest BCUT2D eigenvalue weighted by atomic mass is 9.84. The van der Waals surface area contributed by atoms with E-state index in [4.69, 9.17) is 0 Å².